The van der Waals surface area contributed by atoms with Crippen LogP contribution in [0.2, 0.25) is 0 Å². The van der Waals surface area contributed by atoms with Crippen LogP contribution in [0.5, 0.6) is 28.7 Å². The first-order valence-electron chi connectivity index (χ1n) is 24.3. The van der Waals surface area contributed by atoms with Gasteiger partial charge >= 0.3 is 0 Å². The van der Waals surface area contributed by atoms with Gasteiger partial charge in [-0.3, -0.25) is 15.6 Å². The minimum Gasteiger partial charge on any atom is -0.507 e. The number of nitrogens with zero attached hydrogens (tertiary/aromatic N) is 1. The van der Waals surface area contributed by atoms with Crippen molar-refractivity contribution in [1.29, 1.82) is 0 Å². The average Bonchev–Trinajstić information content (AvgIpc) is 3.79. The summed E-state index contributed by atoms with van der Waals surface area (Å²) in [5.41, 5.74) is 7.89. The number of phenolic OH excluding ortho intramolecular Hbond substituents is 2. The second-order valence-electron chi connectivity index (χ2n) is 20.0. The Morgan fingerprint density at radius 1 is 0.985 bits per heavy atom. The lowest BCUT2D eigenvalue weighted by atomic mass is 9.62. The van der Waals surface area contributed by atoms with Crippen LogP contribution in [0.15, 0.2) is 59.1 Å². The number of nitrogens with one attached hydrogen (secondary N) is 4. The third-order valence-corrected chi connectivity index (χ3v) is 14.7. The van der Waals surface area contributed by atoms with Crippen molar-refractivity contribution in [3.05, 3.63) is 104 Å². The Morgan fingerprint density at radius 2 is 1.82 bits per heavy atom. The number of ether oxygens (including phenoxy) is 4. The third kappa shape index (κ3) is 8.34. The maximum atomic E-state index is 11.7. The molecule has 7 unspecified atom stereocenters. The van der Waals surface area contributed by atoms with Gasteiger partial charge in [-0.25, -0.2) is 0 Å². The van der Waals surface area contributed by atoms with E-state index in [1.54, 1.807) is 12.1 Å². The van der Waals surface area contributed by atoms with Gasteiger partial charge in [0.15, 0.2) is 17.6 Å². The van der Waals surface area contributed by atoms with Crippen LogP contribution in [0.25, 0.3) is 23.3 Å². The molecular formula is C55H65N5O8. The predicted octanol–water partition coefficient (Wildman–Crippen LogP) is 4.60. The molecule has 0 amide bonds. The molecule has 4 aromatic rings. The molecule has 8 N–H and O–H groups in total. The Morgan fingerprint density at radius 3 is 2.63 bits per heavy atom. The number of aromatic hydroxyl groups is 2. The normalized spacial score (nSPS) is 24.7. The molecule has 13 heteroatoms. The lowest BCUT2D eigenvalue weighted by Gasteiger charge is -2.50. The minimum atomic E-state index is -1.18. The van der Waals surface area contributed by atoms with Crippen molar-refractivity contribution < 1.29 is 39.4 Å². The van der Waals surface area contributed by atoms with Crippen LogP contribution in [0.4, 0.5) is 0 Å². The van der Waals surface area contributed by atoms with Crippen molar-refractivity contribution in [3.8, 4) is 51.7 Å². The molecule has 2 bridgehead atoms. The molecule has 2 aliphatic carbocycles. The van der Waals surface area contributed by atoms with Gasteiger partial charge in [0, 0.05) is 60.8 Å². The first kappa shape index (κ1) is 46.3. The second-order valence-corrected chi connectivity index (χ2v) is 20.0. The molecule has 7 atom stereocenters. The van der Waals surface area contributed by atoms with E-state index in [1.807, 2.05) is 39.2 Å². The molecule has 6 aliphatic rings. The van der Waals surface area contributed by atoms with Gasteiger partial charge in [-0.1, -0.05) is 50.0 Å². The van der Waals surface area contributed by atoms with Gasteiger partial charge in [0.25, 0.3) is 0 Å². The number of aliphatic hydroxyl groups is 2. The summed E-state index contributed by atoms with van der Waals surface area (Å²) >= 11 is 0. The van der Waals surface area contributed by atoms with Crippen LogP contribution in [-0.4, -0.2) is 104 Å². The van der Waals surface area contributed by atoms with E-state index >= 15 is 0 Å². The molecule has 13 nitrogen and oxygen atoms in total. The molecule has 4 aliphatic heterocycles. The van der Waals surface area contributed by atoms with Gasteiger partial charge in [-0.05, 0) is 134 Å². The highest BCUT2D eigenvalue weighted by atomic mass is 16.6. The summed E-state index contributed by atoms with van der Waals surface area (Å²) in [6.45, 7) is 8.38. The smallest absolute Gasteiger partial charge is 0.161 e. The molecule has 4 aromatic carbocycles. The van der Waals surface area contributed by atoms with Crippen molar-refractivity contribution in [3.63, 3.8) is 0 Å². The number of hydrogen-bond acceptors (Lipinski definition) is 13. The van der Waals surface area contributed by atoms with Crippen molar-refractivity contribution in [2.45, 2.75) is 101 Å². The number of likely N-dealkylation sites (N-methyl/N-ethyl adjacent to an activating group) is 1. The highest BCUT2D eigenvalue weighted by Gasteiger charge is 2.55. The first-order valence-corrected chi connectivity index (χ1v) is 24.3. The molecule has 0 fully saturated rings. The minimum absolute atomic E-state index is 0.0228. The molecule has 0 saturated carbocycles. The molecular weight excluding hydrogens is 859 g/mol. The summed E-state index contributed by atoms with van der Waals surface area (Å²) in [5.74, 6) is 9.21. The Balaban J connectivity index is 1.19. The van der Waals surface area contributed by atoms with E-state index in [0.29, 0.717) is 82.2 Å². The highest BCUT2D eigenvalue weighted by molar-refractivity contribution is 5.89. The molecule has 4 heterocycles. The topological polar surface area (TPSA) is 178 Å². The Bertz CT molecular complexity index is 2830. The van der Waals surface area contributed by atoms with E-state index in [1.165, 1.54) is 11.1 Å². The van der Waals surface area contributed by atoms with Gasteiger partial charge in [0.05, 0.1) is 37.4 Å². The van der Waals surface area contributed by atoms with Gasteiger partial charge in [-0.2, -0.15) is 0 Å². The highest BCUT2D eigenvalue weighted by Crippen LogP contribution is 2.61. The summed E-state index contributed by atoms with van der Waals surface area (Å²) in [6.07, 6.45) is 6.42. The van der Waals surface area contributed by atoms with Crippen LogP contribution in [0.1, 0.15) is 96.9 Å². The van der Waals surface area contributed by atoms with Crippen LogP contribution in [0, 0.1) is 17.8 Å². The zero-order chi connectivity index (χ0) is 47.3. The number of hydrogen-bond donors (Lipinski definition) is 8. The SMILES string of the molecule is CNCOC12Cc3c4c(c5c(c3OC1c1ccc(O)c(c1)OCCC#CC2NCNCC(C)(O)CC(C)C)CCC(CO)O5)-c1ccc(O)c2c1C(C4)C(c1ccc3c(c1)=CCN=3)C(CNC)=C2. The van der Waals surface area contributed by atoms with Crippen LogP contribution in [-0.2, 0) is 24.0 Å². The molecule has 10 rings (SSSR count). The largest absolute Gasteiger partial charge is 0.507 e. The Hall–Kier alpha value is -5.43. The summed E-state index contributed by atoms with van der Waals surface area (Å²) < 4.78 is 27.9. The summed E-state index contributed by atoms with van der Waals surface area (Å²) in [7, 11) is 3.82. The van der Waals surface area contributed by atoms with Crippen molar-refractivity contribution in [2.24, 2.45) is 10.9 Å². The fourth-order valence-corrected chi connectivity index (χ4v) is 12.0. The predicted molar refractivity (Wildman–Crippen MR) is 262 cm³/mol. The fraction of sp³-hybridized carbons (Fsp3) is 0.473. The van der Waals surface area contributed by atoms with E-state index in [9.17, 15) is 20.4 Å². The maximum absolute atomic E-state index is 11.7. The van der Waals surface area contributed by atoms with E-state index in [-0.39, 0.29) is 43.3 Å². The van der Waals surface area contributed by atoms with E-state index in [2.05, 4.69) is 77.3 Å². The number of benzene rings is 4. The zero-order valence-electron chi connectivity index (χ0n) is 39.8. The Labute approximate surface area is 398 Å². The van der Waals surface area contributed by atoms with E-state index in [0.717, 1.165) is 60.8 Å². The second kappa shape index (κ2) is 18.8. The van der Waals surface area contributed by atoms with Crippen molar-refractivity contribution >= 4 is 12.2 Å². The zero-order valence-corrected chi connectivity index (χ0v) is 39.8. The number of phenols is 2. The molecule has 0 radical (unpaired) electrons. The van der Waals surface area contributed by atoms with E-state index in [4.69, 9.17) is 23.9 Å². The number of aliphatic hydroxyl groups excluding tert-OH is 1. The van der Waals surface area contributed by atoms with Crippen LogP contribution in [0.3, 0.4) is 0 Å². The van der Waals surface area contributed by atoms with Crippen molar-refractivity contribution in [1.82, 2.24) is 21.3 Å². The van der Waals surface area contributed by atoms with Gasteiger partial charge < -0.3 is 50.0 Å². The van der Waals surface area contributed by atoms with Gasteiger partial charge in [-0.15, -0.1) is 0 Å². The maximum Gasteiger partial charge on any atom is 0.161 e. The summed E-state index contributed by atoms with van der Waals surface area (Å²) in [6, 6.07) is 15.2. The van der Waals surface area contributed by atoms with Gasteiger partial charge in [0.2, 0.25) is 0 Å². The fourth-order valence-electron chi connectivity index (χ4n) is 12.0. The van der Waals surface area contributed by atoms with Crippen LogP contribution < -0.4 is 46.1 Å². The third-order valence-electron chi connectivity index (χ3n) is 14.7. The Kier molecular flexibility index (Phi) is 12.8. The van der Waals surface area contributed by atoms with Crippen LogP contribution >= 0.6 is 0 Å². The summed E-state index contributed by atoms with van der Waals surface area (Å²) in [5, 5.41) is 60.7. The molecule has 0 aromatic heterocycles. The molecule has 358 valence electrons. The number of rotatable bonds is 14. The quantitative estimate of drug-likeness (QED) is 0.0502. The number of fused-ring (bicyclic) bond motifs is 12. The first-order chi connectivity index (χ1) is 32.9. The summed E-state index contributed by atoms with van der Waals surface area (Å²) in [4.78, 5) is 4.71. The molecule has 68 heavy (non-hydrogen) atoms. The molecule has 0 spiro atoms. The van der Waals surface area contributed by atoms with E-state index < -0.39 is 29.5 Å². The molecule has 0 saturated heterocycles. The lowest BCUT2D eigenvalue weighted by molar-refractivity contribution is -0.141. The van der Waals surface area contributed by atoms with Crippen molar-refractivity contribution in [2.75, 3.05) is 60.3 Å². The standard InChI is InChI=1S/C55H65N5O8/c1-31(2)24-54(3,64)28-58-29-60-47-8-6-7-19-65-46-22-34(10-15-45(46)63)53-55(47,66-30-57-5)25-42-39-23-41-48(33-9-14-43-32(20-33)17-18-59-43)35(26-56-4)21-40-44(62)16-13-37(49(40)41)50(39)52-38(51(42)68-53)12-11-36(27-61)67-52/h9-10,13-17,20-22,31,36,41,47-48,53,56-58,60-64H,7,11-12,18-19,23-30H2,1-5H3. The average molecular weight is 924 g/mol. The monoisotopic (exact) mass is 923 g/mol. The lowest BCUT2D eigenvalue weighted by Crippen LogP contribution is -2.62. The van der Waals surface area contributed by atoms with Gasteiger partial charge in [0.1, 0.15) is 35.0 Å².